The molecule has 0 fully saturated rings. The monoisotopic (exact) mass is 384 g/mol. The lowest BCUT2D eigenvalue weighted by Crippen LogP contribution is -2.06. The summed E-state index contributed by atoms with van der Waals surface area (Å²) >= 11 is 3.48. The second kappa shape index (κ2) is 5.76. The van der Waals surface area contributed by atoms with Crippen molar-refractivity contribution in [2.45, 2.75) is 6.42 Å². The SMILES string of the molecule is O=[N+]([O-])c1ccccc1-n1nc(-c2cccc(Br)c2)c2c1NCC2. The number of nitro groups is 1. The van der Waals surface area contributed by atoms with Crippen LogP contribution >= 0.6 is 15.9 Å². The molecule has 7 heteroatoms. The minimum Gasteiger partial charge on any atom is -0.369 e. The zero-order chi connectivity index (χ0) is 16.7. The molecule has 0 spiro atoms. The minimum atomic E-state index is -0.378. The molecule has 2 heterocycles. The normalized spacial score (nSPS) is 12.7. The first-order valence-corrected chi connectivity index (χ1v) is 8.30. The summed E-state index contributed by atoms with van der Waals surface area (Å²) in [6.07, 6.45) is 0.845. The lowest BCUT2D eigenvalue weighted by atomic mass is 10.1. The van der Waals surface area contributed by atoms with Gasteiger partial charge in [-0.15, -0.1) is 0 Å². The van der Waals surface area contributed by atoms with E-state index in [0.29, 0.717) is 5.69 Å². The van der Waals surface area contributed by atoms with Gasteiger partial charge in [-0.3, -0.25) is 10.1 Å². The Morgan fingerprint density at radius 3 is 2.83 bits per heavy atom. The van der Waals surface area contributed by atoms with Gasteiger partial charge in [0.1, 0.15) is 11.5 Å². The highest BCUT2D eigenvalue weighted by Crippen LogP contribution is 2.37. The number of benzene rings is 2. The number of nitro benzene ring substituents is 1. The Morgan fingerprint density at radius 1 is 1.21 bits per heavy atom. The Kier molecular flexibility index (Phi) is 3.57. The van der Waals surface area contributed by atoms with Crippen LogP contribution in [-0.2, 0) is 6.42 Å². The average Bonchev–Trinajstić information content (AvgIpc) is 3.17. The summed E-state index contributed by atoms with van der Waals surface area (Å²) in [4.78, 5) is 11.0. The van der Waals surface area contributed by atoms with Crippen molar-refractivity contribution in [3.63, 3.8) is 0 Å². The van der Waals surface area contributed by atoms with E-state index in [1.54, 1.807) is 22.9 Å². The van der Waals surface area contributed by atoms with Crippen LogP contribution in [0.4, 0.5) is 11.5 Å². The number of aromatic nitrogens is 2. The van der Waals surface area contributed by atoms with E-state index >= 15 is 0 Å². The number of halogens is 1. The first-order chi connectivity index (χ1) is 11.6. The summed E-state index contributed by atoms with van der Waals surface area (Å²) in [5, 5.41) is 19.3. The van der Waals surface area contributed by atoms with Crippen LogP contribution < -0.4 is 5.32 Å². The summed E-state index contributed by atoms with van der Waals surface area (Å²) in [7, 11) is 0. The van der Waals surface area contributed by atoms with Gasteiger partial charge in [-0.05, 0) is 24.6 Å². The van der Waals surface area contributed by atoms with Gasteiger partial charge in [-0.1, -0.05) is 40.2 Å². The summed E-state index contributed by atoms with van der Waals surface area (Å²) in [6.45, 7) is 0.800. The van der Waals surface area contributed by atoms with E-state index in [2.05, 4.69) is 26.3 Å². The van der Waals surface area contributed by atoms with Crippen LogP contribution in [0.15, 0.2) is 53.0 Å². The minimum absolute atomic E-state index is 0.0392. The van der Waals surface area contributed by atoms with Crippen molar-refractivity contribution in [3.05, 3.63) is 68.7 Å². The molecule has 0 atom stereocenters. The van der Waals surface area contributed by atoms with Crippen molar-refractivity contribution in [1.29, 1.82) is 0 Å². The smallest absolute Gasteiger partial charge is 0.294 e. The molecule has 1 aliphatic rings. The summed E-state index contributed by atoms with van der Waals surface area (Å²) in [5.41, 5.74) is 3.44. The first-order valence-electron chi connectivity index (χ1n) is 7.50. The molecule has 1 N–H and O–H groups in total. The molecule has 0 radical (unpaired) electrons. The summed E-state index contributed by atoms with van der Waals surface area (Å²) in [6, 6.07) is 14.6. The first kappa shape index (κ1) is 14.9. The average molecular weight is 385 g/mol. The number of nitrogens with zero attached hydrogens (tertiary/aromatic N) is 3. The molecule has 24 heavy (non-hydrogen) atoms. The predicted molar refractivity (Wildman–Crippen MR) is 95.5 cm³/mol. The van der Waals surface area contributed by atoms with E-state index in [1.807, 2.05) is 24.3 Å². The molecule has 1 aliphatic heterocycles. The lowest BCUT2D eigenvalue weighted by Gasteiger charge is -2.06. The van der Waals surface area contributed by atoms with E-state index in [1.165, 1.54) is 6.07 Å². The number of hydrogen-bond donors (Lipinski definition) is 1. The van der Waals surface area contributed by atoms with Crippen LogP contribution in [0.25, 0.3) is 16.9 Å². The molecule has 0 aliphatic carbocycles. The Hall–Kier alpha value is -2.67. The fourth-order valence-electron chi connectivity index (χ4n) is 3.01. The van der Waals surface area contributed by atoms with Gasteiger partial charge < -0.3 is 5.32 Å². The summed E-state index contributed by atoms with van der Waals surface area (Å²) < 4.78 is 2.62. The standard InChI is InChI=1S/C17H13BrN4O2/c18-12-5-3-4-11(10-12)16-13-8-9-19-17(13)21(20-16)14-6-1-2-7-15(14)22(23)24/h1-7,10,19H,8-9H2. The van der Waals surface area contributed by atoms with E-state index < -0.39 is 0 Å². The highest BCUT2D eigenvalue weighted by atomic mass is 79.9. The van der Waals surface area contributed by atoms with Gasteiger partial charge in [0.2, 0.25) is 0 Å². The predicted octanol–water partition coefficient (Wildman–Crippen LogP) is 4.18. The number of rotatable bonds is 3. The van der Waals surface area contributed by atoms with Crippen molar-refractivity contribution < 1.29 is 4.92 Å². The van der Waals surface area contributed by atoms with Gasteiger partial charge in [0.15, 0.2) is 0 Å². The van der Waals surface area contributed by atoms with Crippen LogP contribution in [0.1, 0.15) is 5.56 Å². The molecular weight excluding hydrogens is 372 g/mol. The highest BCUT2D eigenvalue weighted by molar-refractivity contribution is 9.10. The second-order valence-electron chi connectivity index (χ2n) is 5.52. The molecule has 3 aromatic rings. The molecule has 1 aromatic heterocycles. The Bertz CT molecular complexity index is 952. The Labute approximate surface area is 146 Å². The maximum absolute atomic E-state index is 11.4. The van der Waals surface area contributed by atoms with Gasteiger partial charge >= 0.3 is 0 Å². The molecule has 6 nitrogen and oxygen atoms in total. The van der Waals surface area contributed by atoms with Crippen LogP contribution in [0.5, 0.6) is 0 Å². The number of nitrogens with one attached hydrogen (secondary N) is 1. The fourth-order valence-corrected chi connectivity index (χ4v) is 3.41. The second-order valence-corrected chi connectivity index (χ2v) is 6.44. The third kappa shape index (κ3) is 2.37. The maximum Gasteiger partial charge on any atom is 0.294 e. The quantitative estimate of drug-likeness (QED) is 0.542. The number of para-hydroxylation sites is 2. The fraction of sp³-hybridized carbons (Fsp3) is 0.118. The van der Waals surface area contributed by atoms with Gasteiger partial charge in [0.05, 0.1) is 10.6 Å². The highest BCUT2D eigenvalue weighted by Gasteiger charge is 2.27. The van der Waals surface area contributed by atoms with E-state index in [9.17, 15) is 10.1 Å². The molecule has 0 amide bonds. The lowest BCUT2D eigenvalue weighted by molar-refractivity contribution is -0.384. The molecule has 0 saturated carbocycles. The van der Waals surface area contributed by atoms with Crippen LogP contribution in [0.3, 0.4) is 0 Å². The van der Waals surface area contributed by atoms with Gasteiger partial charge in [-0.25, -0.2) is 4.68 Å². The zero-order valence-electron chi connectivity index (χ0n) is 12.6. The van der Waals surface area contributed by atoms with Crippen molar-refractivity contribution in [2.75, 3.05) is 11.9 Å². The third-order valence-corrected chi connectivity index (χ3v) is 4.55. The molecule has 2 aromatic carbocycles. The van der Waals surface area contributed by atoms with E-state index in [-0.39, 0.29) is 10.6 Å². The largest absolute Gasteiger partial charge is 0.369 e. The molecule has 4 rings (SSSR count). The zero-order valence-corrected chi connectivity index (χ0v) is 14.2. The van der Waals surface area contributed by atoms with Crippen LogP contribution in [0, 0.1) is 10.1 Å². The van der Waals surface area contributed by atoms with Crippen molar-refractivity contribution >= 4 is 27.4 Å². The van der Waals surface area contributed by atoms with E-state index in [4.69, 9.17) is 0 Å². The third-order valence-electron chi connectivity index (χ3n) is 4.06. The number of anilines is 1. The summed E-state index contributed by atoms with van der Waals surface area (Å²) in [5.74, 6) is 0.833. The Morgan fingerprint density at radius 2 is 2.04 bits per heavy atom. The Balaban J connectivity index is 1.94. The topological polar surface area (TPSA) is 73.0 Å². The molecular formula is C17H13BrN4O2. The molecule has 0 saturated heterocycles. The van der Waals surface area contributed by atoms with Crippen molar-refractivity contribution in [1.82, 2.24) is 9.78 Å². The van der Waals surface area contributed by atoms with Gasteiger partial charge in [0.25, 0.3) is 5.69 Å². The van der Waals surface area contributed by atoms with Crippen molar-refractivity contribution in [2.24, 2.45) is 0 Å². The van der Waals surface area contributed by atoms with Crippen LogP contribution in [0.2, 0.25) is 0 Å². The maximum atomic E-state index is 11.4. The number of fused-ring (bicyclic) bond motifs is 1. The number of hydrogen-bond acceptors (Lipinski definition) is 4. The molecule has 120 valence electrons. The van der Waals surface area contributed by atoms with Gasteiger partial charge in [0, 0.05) is 28.2 Å². The van der Waals surface area contributed by atoms with Crippen molar-refractivity contribution in [3.8, 4) is 16.9 Å². The molecule has 0 unspecified atom stereocenters. The van der Waals surface area contributed by atoms with Crippen LogP contribution in [-0.4, -0.2) is 21.2 Å². The molecule has 0 bridgehead atoms. The van der Waals surface area contributed by atoms with E-state index in [0.717, 1.165) is 40.1 Å². The van der Waals surface area contributed by atoms with Gasteiger partial charge in [-0.2, -0.15) is 5.10 Å².